The second-order valence-corrected chi connectivity index (χ2v) is 11.0. The van der Waals surface area contributed by atoms with Crippen LogP contribution in [0, 0.1) is 0 Å². The van der Waals surface area contributed by atoms with Crippen LogP contribution in [0.25, 0.3) is 10.8 Å². The first-order valence-corrected chi connectivity index (χ1v) is 14.1. The molecule has 4 nitrogen and oxygen atoms in total. The van der Waals surface area contributed by atoms with Gasteiger partial charge in [0.15, 0.2) is 0 Å². The summed E-state index contributed by atoms with van der Waals surface area (Å²) in [6, 6.07) is 15.0. The highest BCUT2D eigenvalue weighted by atomic mass is 16.5. The Morgan fingerprint density at radius 3 is 2.33 bits per heavy atom. The van der Waals surface area contributed by atoms with E-state index in [0.29, 0.717) is 0 Å². The monoisotopic (exact) mass is 483 g/mol. The molecule has 1 atom stereocenters. The molecule has 5 rings (SSSR count). The maximum Gasteiger partial charge on any atom is 0.228 e. The van der Waals surface area contributed by atoms with Gasteiger partial charge in [-0.05, 0) is 49.4 Å². The predicted molar refractivity (Wildman–Crippen MR) is 152 cm³/mol. The van der Waals surface area contributed by atoms with Gasteiger partial charge in [-0.3, -0.25) is 9.98 Å². The summed E-state index contributed by atoms with van der Waals surface area (Å²) in [5.74, 6) is 0.840. The van der Waals surface area contributed by atoms with Crippen molar-refractivity contribution in [3.63, 3.8) is 0 Å². The van der Waals surface area contributed by atoms with E-state index in [-0.39, 0.29) is 5.41 Å². The Balaban J connectivity index is 1.32. The maximum atomic E-state index is 6.99. The van der Waals surface area contributed by atoms with Crippen molar-refractivity contribution in [1.82, 2.24) is 4.98 Å². The van der Waals surface area contributed by atoms with E-state index >= 15 is 0 Å². The molecule has 2 aliphatic heterocycles. The van der Waals surface area contributed by atoms with Crippen molar-refractivity contribution in [1.29, 1.82) is 0 Å². The third-order valence-corrected chi connectivity index (χ3v) is 8.29. The van der Waals surface area contributed by atoms with Crippen LogP contribution < -0.4 is 9.64 Å². The molecule has 1 unspecified atom stereocenters. The topological polar surface area (TPSA) is 37.7 Å². The van der Waals surface area contributed by atoms with Crippen molar-refractivity contribution in [2.75, 3.05) is 11.4 Å². The lowest BCUT2D eigenvalue weighted by Gasteiger charge is -2.46. The van der Waals surface area contributed by atoms with E-state index in [1.807, 2.05) is 18.5 Å². The summed E-state index contributed by atoms with van der Waals surface area (Å²) >= 11 is 0. The van der Waals surface area contributed by atoms with Crippen molar-refractivity contribution in [2.24, 2.45) is 4.99 Å². The number of unbranched alkanes of at least 4 members (excludes halogenated alkanes) is 9. The molecule has 190 valence electrons. The van der Waals surface area contributed by atoms with Gasteiger partial charge in [0, 0.05) is 30.0 Å². The van der Waals surface area contributed by atoms with Crippen LogP contribution in [0.1, 0.15) is 90.5 Å². The Morgan fingerprint density at radius 1 is 0.833 bits per heavy atom. The zero-order valence-electron chi connectivity index (χ0n) is 22.3. The first-order chi connectivity index (χ1) is 17.6. The van der Waals surface area contributed by atoms with Gasteiger partial charge in [-0.15, -0.1) is 0 Å². The fourth-order valence-corrected chi connectivity index (χ4v) is 6.09. The van der Waals surface area contributed by atoms with Gasteiger partial charge in [0.25, 0.3) is 0 Å². The Bertz CT molecular complexity index is 1220. The van der Waals surface area contributed by atoms with Crippen molar-refractivity contribution < 1.29 is 4.74 Å². The van der Waals surface area contributed by atoms with Crippen molar-refractivity contribution in [3.8, 4) is 5.75 Å². The number of pyridine rings is 1. The number of fused-ring (bicyclic) bond motifs is 4. The predicted octanol–water partition coefficient (Wildman–Crippen LogP) is 8.74. The molecule has 2 aromatic carbocycles. The summed E-state index contributed by atoms with van der Waals surface area (Å²) in [5.41, 5.74) is 2.61. The van der Waals surface area contributed by atoms with Crippen molar-refractivity contribution in [2.45, 2.75) is 96.1 Å². The van der Waals surface area contributed by atoms with Gasteiger partial charge in [0.05, 0.1) is 11.6 Å². The highest BCUT2D eigenvalue weighted by Crippen LogP contribution is 2.54. The number of benzene rings is 2. The van der Waals surface area contributed by atoms with E-state index in [0.717, 1.165) is 35.2 Å². The van der Waals surface area contributed by atoms with E-state index in [1.165, 1.54) is 69.0 Å². The number of nitrogens with zero attached hydrogens (tertiary/aromatic N) is 3. The molecule has 0 saturated heterocycles. The molecule has 0 aliphatic carbocycles. The van der Waals surface area contributed by atoms with E-state index in [4.69, 9.17) is 9.73 Å². The molecule has 4 heteroatoms. The molecule has 0 radical (unpaired) electrons. The number of ether oxygens (including phenoxy) is 1. The summed E-state index contributed by atoms with van der Waals surface area (Å²) in [4.78, 5) is 11.9. The Labute approximate surface area is 216 Å². The second kappa shape index (κ2) is 10.6. The molecule has 3 aromatic rings. The van der Waals surface area contributed by atoms with Gasteiger partial charge in [-0.1, -0.05) is 89.0 Å². The van der Waals surface area contributed by atoms with Crippen LogP contribution in [0.3, 0.4) is 0 Å². The number of para-hydroxylation sites is 1. The zero-order valence-corrected chi connectivity index (χ0v) is 22.3. The van der Waals surface area contributed by atoms with Crippen LogP contribution in [-0.2, 0) is 5.41 Å². The van der Waals surface area contributed by atoms with Crippen LogP contribution in [0.5, 0.6) is 5.75 Å². The van der Waals surface area contributed by atoms with Gasteiger partial charge in [0.2, 0.25) is 5.72 Å². The van der Waals surface area contributed by atoms with Gasteiger partial charge < -0.3 is 9.64 Å². The molecule has 1 aromatic heterocycles. The highest BCUT2D eigenvalue weighted by Gasteiger charge is 2.59. The number of hydrogen-bond acceptors (Lipinski definition) is 4. The summed E-state index contributed by atoms with van der Waals surface area (Å²) < 4.78 is 6.99. The molecule has 0 amide bonds. The summed E-state index contributed by atoms with van der Waals surface area (Å²) in [5, 5.41) is 2.17. The molecule has 0 fully saturated rings. The van der Waals surface area contributed by atoms with E-state index in [1.54, 1.807) is 0 Å². The average Bonchev–Trinajstić information content (AvgIpc) is 3.08. The molecule has 1 spiro atoms. The third kappa shape index (κ3) is 4.40. The van der Waals surface area contributed by atoms with Crippen LogP contribution in [-0.4, -0.2) is 23.5 Å². The minimum absolute atomic E-state index is 0.243. The molecule has 0 N–H and O–H groups in total. The minimum Gasteiger partial charge on any atom is -0.459 e. The normalized spacial score (nSPS) is 19.5. The Kier molecular flexibility index (Phi) is 7.32. The highest BCUT2D eigenvalue weighted by molar-refractivity contribution is 5.99. The lowest BCUT2D eigenvalue weighted by molar-refractivity contribution is 0.0774. The first kappa shape index (κ1) is 24.8. The fraction of sp³-hybridized carbons (Fsp3) is 0.500. The van der Waals surface area contributed by atoms with E-state index < -0.39 is 5.72 Å². The van der Waals surface area contributed by atoms with Gasteiger partial charge >= 0.3 is 0 Å². The average molecular weight is 484 g/mol. The minimum atomic E-state index is -0.640. The fourth-order valence-electron chi connectivity index (χ4n) is 6.09. The smallest absolute Gasteiger partial charge is 0.228 e. The molecule has 0 bridgehead atoms. The van der Waals surface area contributed by atoms with Gasteiger partial charge in [0.1, 0.15) is 11.4 Å². The maximum absolute atomic E-state index is 6.99. The number of anilines is 1. The molecular formula is C32H41N3O. The van der Waals surface area contributed by atoms with Crippen LogP contribution in [0.4, 0.5) is 11.4 Å². The van der Waals surface area contributed by atoms with Crippen LogP contribution in [0.2, 0.25) is 0 Å². The summed E-state index contributed by atoms with van der Waals surface area (Å²) in [7, 11) is 0. The van der Waals surface area contributed by atoms with Gasteiger partial charge in [-0.2, -0.15) is 0 Å². The summed E-state index contributed by atoms with van der Waals surface area (Å²) in [6.45, 7) is 7.84. The van der Waals surface area contributed by atoms with Crippen molar-refractivity contribution in [3.05, 3.63) is 60.4 Å². The van der Waals surface area contributed by atoms with Crippen LogP contribution >= 0.6 is 0 Å². The Hall–Kier alpha value is -2.88. The molecule has 2 aliphatic rings. The number of aliphatic imine (C=N–C) groups is 1. The third-order valence-electron chi connectivity index (χ3n) is 8.29. The summed E-state index contributed by atoms with van der Waals surface area (Å²) in [6.07, 6.45) is 19.2. The molecule has 3 heterocycles. The molecule has 0 saturated carbocycles. The van der Waals surface area contributed by atoms with E-state index in [2.05, 4.69) is 73.3 Å². The quantitative estimate of drug-likeness (QED) is 0.256. The Morgan fingerprint density at radius 2 is 1.56 bits per heavy atom. The van der Waals surface area contributed by atoms with Gasteiger partial charge in [-0.25, -0.2) is 0 Å². The lowest BCUT2D eigenvalue weighted by Crippen LogP contribution is -2.62. The standard InChI is InChI=1S/C32H41N3O/c1-4-5-6-7-8-9-10-11-12-15-22-35-28-17-14-13-16-27(28)31(2,3)32(35)24-34-30-26-23-33-21-20-25(26)18-19-29(30)36-32/h13-14,16-21,23-24H,4-12,15,22H2,1-3H3. The number of rotatable bonds is 11. The molecular weight excluding hydrogens is 442 g/mol. The SMILES string of the molecule is CCCCCCCCCCCCN1c2ccccc2C(C)(C)C12C=Nc1c(ccc3ccncc13)O2. The van der Waals surface area contributed by atoms with Crippen LogP contribution in [0.15, 0.2) is 59.9 Å². The molecule has 36 heavy (non-hydrogen) atoms. The first-order valence-electron chi connectivity index (χ1n) is 14.1. The number of hydrogen-bond donors (Lipinski definition) is 0. The largest absolute Gasteiger partial charge is 0.459 e. The number of aromatic nitrogens is 1. The van der Waals surface area contributed by atoms with Crippen molar-refractivity contribution >= 4 is 28.4 Å². The lowest BCUT2D eigenvalue weighted by atomic mass is 9.77. The zero-order chi connectivity index (χ0) is 25.0. The van der Waals surface area contributed by atoms with E-state index in [9.17, 15) is 0 Å². The second-order valence-electron chi connectivity index (χ2n) is 11.0.